The molecule has 1 aromatic rings. The highest BCUT2D eigenvalue weighted by Gasteiger charge is 1.97. The molecule has 68 valence electrons. The van der Waals surface area contributed by atoms with Crippen molar-refractivity contribution in [2.24, 2.45) is 0 Å². The zero-order chi connectivity index (χ0) is 9.84. The number of benzene rings is 1. The monoisotopic (exact) mass is 202 g/mol. The predicted molar refractivity (Wildman–Crippen MR) is 46.3 cm³/mol. The second-order valence-corrected chi connectivity index (χ2v) is 2.71. The van der Waals surface area contributed by atoms with Gasteiger partial charge in [-0.15, -0.1) is 0 Å². The Bertz CT molecular complexity index is 340. The summed E-state index contributed by atoms with van der Waals surface area (Å²) in [6.07, 6.45) is 2.26. The first-order valence-corrected chi connectivity index (χ1v) is 3.79. The van der Waals surface area contributed by atoms with Crippen molar-refractivity contribution in [2.75, 3.05) is 0 Å². The average Bonchev–Trinajstić information content (AvgIpc) is 1.99. The number of allylic oxidation sites excluding steroid dienone is 1. The Kier molecular flexibility index (Phi) is 3.14. The third-order valence-corrected chi connectivity index (χ3v) is 1.42. The van der Waals surface area contributed by atoms with Crippen LogP contribution in [0.2, 0.25) is 0 Å². The molecule has 0 atom stereocenters. The Morgan fingerprint density at radius 1 is 1.23 bits per heavy atom. The van der Waals surface area contributed by atoms with Crippen molar-refractivity contribution in [1.29, 1.82) is 0 Å². The molecule has 0 unspecified atom stereocenters. The fraction of sp³-hybridized carbons (Fsp3) is 0. The van der Waals surface area contributed by atoms with Gasteiger partial charge < -0.3 is 0 Å². The molecule has 0 saturated carbocycles. The minimum Gasteiger partial charge on any atom is -0.276 e. The van der Waals surface area contributed by atoms with Crippen molar-refractivity contribution in [3.8, 4) is 0 Å². The van der Waals surface area contributed by atoms with Gasteiger partial charge in [0.25, 0.3) is 0 Å². The fourth-order valence-corrected chi connectivity index (χ4v) is 0.896. The highest BCUT2D eigenvalue weighted by Crippen LogP contribution is 2.09. The third kappa shape index (κ3) is 3.34. The summed E-state index contributed by atoms with van der Waals surface area (Å²) >= 11 is 4.99. The Morgan fingerprint density at radius 2 is 1.77 bits per heavy atom. The first-order valence-electron chi connectivity index (χ1n) is 3.41. The average molecular weight is 203 g/mol. The first-order chi connectivity index (χ1) is 6.08. The quantitative estimate of drug-likeness (QED) is 0.532. The number of hydrogen-bond donors (Lipinski definition) is 0. The lowest BCUT2D eigenvalue weighted by Gasteiger charge is -1.93. The van der Waals surface area contributed by atoms with Crippen molar-refractivity contribution in [3.05, 3.63) is 41.5 Å². The molecule has 0 aliphatic carbocycles. The lowest BCUT2D eigenvalue weighted by molar-refractivity contribution is -0.107. The summed E-state index contributed by atoms with van der Waals surface area (Å²) in [4.78, 5) is 10.3. The molecule has 1 aromatic carbocycles. The highest BCUT2D eigenvalue weighted by molar-refractivity contribution is 6.66. The molecular formula is C9H5ClF2O. The van der Waals surface area contributed by atoms with Crippen LogP contribution >= 0.6 is 11.6 Å². The molecule has 0 aromatic heterocycles. The number of halogens is 3. The predicted octanol–water partition coefficient (Wildman–Crippen LogP) is 2.74. The summed E-state index contributed by atoms with van der Waals surface area (Å²) < 4.78 is 25.1. The van der Waals surface area contributed by atoms with Gasteiger partial charge in [-0.05, 0) is 41.4 Å². The molecule has 0 fully saturated rings. The fourth-order valence-electron chi connectivity index (χ4n) is 0.833. The van der Waals surface area contributed by atoms with Gasteiger partial charge >= 0.3 is 0 Å². The molecule has 13 heavy (non-hydrogen) atoms. The van der Waals surface area contributed by atoms with Crippen molar-refractivity contribution >= 4 is 22.9 Å². The summed E-state index contributed by atoms with van der Waals surface area (Å²) in [6, 6.07) is 2.94. The Labute approximate surface area is 78.6 Å². The van der Waals surface area contributed by atoms with Crippen molar-refractivity contribution in [3.63, 3.8) is 0 Å². The third-order valence-electron chi connectivity index (χ3n) is 1.29. The van der Waals surface area contributed by atoms with Gasteiger partial charge in [0.2, 0.25) is 5.24 Å². The van der Waals surface area contributed by atoms with E-state index in [1.165, 1.54) is 6.08 Å². The van der Waals surface area contributed by atoms with E-state index in [2.05, 4.69) is 0 Å². The smallest absolute Gasteiger partial charge is 0.245 e. The normalized spacial score (nSPS) is 10.7. The minimum absolute atomic E-state index is 0.256. The van der Waals surface area contributed by atoms with Gasteiger partial charge in [0.15, 0.2) is 0 Å². The molecule has 0 amide bonds. The van der Waals surface area contributed by atoms with E-state index in [0.29, 0.717) is 0 Å². The number of carbonyl (C=O) groups is 1. The summed E-state index contributed by atoms with van der Waals surface area (Å²) in [7, 11) is 0. The minimum atomic E-state index is -0.693. The van der Waals surface area contributed by atoms with E-state index >= 15 is 0 Å². The molecule has 1 rings (SSSR count). The second-order valence-electron chi connectivity index (χ2n) is 2.34. The van der Waals surface area contributed by atoms with E-state index < -0.39 is 16.9 Å². The number of hydrogen-bond acceptors (Lipinski definition) is 1. The Balaban J connectivity index is 2.95. The standard InChI is InChI=1S/C9H5ClF2O/c10-9(13)2-1-6-3-7(11)5-8(12)4-6/h1-5H. The molecule has 1 nitrogen and oxygen atoms in total. The van der Waals surface area contributed by atoms with Crippen LogP contribution in [-0.2, 0) is 4.79 Å². The van der Waals surface area contributed by atoms with E-state index in [1.54, 1.807) is 0 Å². The first kappa shape index (κ1) is 9.86. The van der Waals surface area contributed by atoms with Crippen LogP contribution in [-0.4, -0.2) is 5.24 Å². The van der Waals surface area contributed by atoms with Crippen LogP contribution in [0, 0.1) is 11.6 Å². The topological polar surface area (TPSA) is 17.1 Å². The maximum Gasteiger partial charge on any atom is 0.245 e. The Morgan fingerprint density at radius 3 is 2.23 bits per heavy atom. The van der Waals surface area contributed by atoms with E-state index in [0.717, 1.165) is 24.3 Å². The summed E-state index contributed by atoms with van der Waals surface area (Å²) in [6.45, 7) is 0. The van der Waals surface area contributed by atoms with Gasteiger partial charge in [0.05, 0.1) is 0 Å². The van der Waals surface area contributed by atoms with E-state index in [4.69, 9.17) is 11.6 Å². The van der Waals surface area contributed by atoms with Gasteiger partial charge in [-0.2, -0.15) is 0 Å². The molecule has 0 bridgehead atoms. The van der Waals surface area contributed by atoms with Gasteiger partial charge in [0.1, 0.15) is 11.6 Å². The summed E-state index contributed by atoms with van der Waals surface area (Å²) in [5.41, 5.74) is 0.256. The van der Waals surface area contributed by atoms with Gasteiger partial charge in [-0.3, -0.25) is 4.79 Å². The van der Waals surface area contributed by atoms with Crippen LogP contribution in [0.1, 0.15) is 5.56 Å². The molecule has 0 aliphatic heterocycles. The van der Waals surface area contributed by atoms with Gasteiger partial charge in [-0.1, -0.05) is 0 Å². The van der Waals surface area contributed by atoms with Crippen LogP contribution in [0.25, 0.3) is 6.08 Å². The molecule has 0 aliphatic rings. The summed E-state index contributed by atoms with van der Waals surface area (Å²) in [5, 5.41) is -0.690. The number of rotatable bonds is 2. The highest BCUT2D eigenvalue weighted by atomic mass is 35.5. The van der Waals surface area contributed by atoms with Crippen LogP contribution in [0.5, 0.6) is 0 Å². The largest absolute Gasteiger partial charge is 0.276 e. The van der Waals surface area contributed by atoms with Crippen molar-refractivity contribution < 1.29 is 13.6 Å². The molecule has 0 radical (unpaired) electrons. The maximum absolute atomic E-state index is 12.6. The lowest BCUT2D eigenvalue weighted by atomic mass is 10.2. The summed E-state index contributed by atoms with van der Waals surface area (Å²) in [5.74, 6) is -1.39. The van der Waals surface area contributed by atoms with Crippen LogP contribution in [0.4, 0.5) is 8.78 Å². The van der Waals surface area contributed by atoms with Crippen LogP contribution in [0.15, 0.2) is 24.3 Å². The van der Waals surface area contributed by atoms with Crippen LogP contribution < -0.4 is 0 Å². The molecule has 0 spiro atoms. The Hall–Kier alpha value is -1.22. The zero-order valence-electron chi connectivity index (χ0n) is 6.43. The number of carbonyl (C=O) groups excluding carboxylic acids is 1. The maximum atomic E-state index is 12.6. The van der Waals surface area contributed by atoms with Crippen molar-refractivity contribution in [2.45, 2.75) is 0 Å². The molecule has 0 heterocycles. The molecular weight excluding hydrogens is 198 g/mol. The van der Waals surface area contributed by atoms with E-state index in [-0.39, 0.29) is 5.56 Å². The SMILES string of the molecule is O=C(Cl)C=Cc1cc(F)cc(F)c1. The van der Waals surface area contributed by atoms with Gasteiger partial charge in [-0.25, -0.2) is 8.78 Å². The zero-order valence-corrected chi connectivity index (χ0v) is 7.18. The molecule has 0 N–H and O–H groups in total. The molecule has 4 heteroatoms. The second kappa shape index (κ2) is 4.14. The van der Waals surface area contributed by atoms with Crippen molar-refractivity contribution in [1.82, 2.24) is 0 Å². The van der Waals surface area contributed by atoms with E-state index in [9.17, 15) is 13.6 Å². The van der Waals surface area contributed by atoms with Gasteiger partial charge in [0, 0.05) is 6.07 Å². The van der Waals surface area contributed by atoms with Crippen LogP contribution in [0.3, 0.4) is 0 Å². The van der Waals surface area contributed by atoms with E-state index in [1.807, 2.05) is 0 Å². The molecule has 0 saturated heterocycles. The lowest BCUT2D eigenvalue weighted by Crippen LogP contribution is -1.82.